The zero-order valence-electron chi connectivity index (χ0n) is 21.3. The number of aryl methyl sites for hydroxylation is 1. The number of amides is 2. The van der Waals surface area contributed by atoms with E-state index in [0.29, 0.717) is 34.0 Å². The Balaban J connectivity index is 1.20. The largest absolute Gasteiger partial charge is 0.324 e. The second kappa shape index (κ2) is 9.30. The van der Waals surface area contributed by atoms with E-state index in [1.54, 1.807) is 40.8 Å². The van der Waals surface area contributed by atoms with Gasteiger partial charge in [-0.3, -0.25) is 19.5 Å². The first-order chi connectivity index (χ1) is 18.3. The molecule has 0 saturated carbocycles. The number of aromatic nitrogens is 6. The van der Waals surface area contributed by atoms with E-state index >= 15 is 0 Å². The minimum atomic E-state index is -0.316. The number of thiazole rings is 1. The number of hydrogen-bond donors (Lipinski definition) is 2. The van der Waals surface area contributed by atoms with Gasteiger partial charge in [0.05, 0.1) is 54.0 Å². The van der Waals surface area contributed by atoms with Crippen LogP contribution in [0.2, 0.25) is 0 Å². The van der Waals surface area contributed by atoms with Gasteiger partial charge in [0.15, 0.2) is 5.65 Å². The zero-order chi connectivity index (χ0) is 26.4. The van der Waals surface area contributed by atoms with Gasteiger partial charge in [-0.1, -0.05) is 11.3 Å². The van der Waals surface area contributed by atoms with Crippen LogP contribution in [-0.2, 0) is 4.79 Å². The van der Waals surface area contributed by atoms with Crippen LogP contribution in [0.4, 0.5) is 11.4 Å². The molecule has 194 valence electrons. The molecule has 0 bridgehead atoms. The Hall–Kier alpha value is -4.16. The molecule has 12 heteroatoms. The number of hydrogen-bond acceptors (Lipinski definition) is 8. The van der Waals surface area contributed by atoms with Gasteiger partial charge in [0.2, 0.25) is 5.91 Å². The second-order valence-electron chi connectivity index (χ2n) is 10.0. The highest BCUT2D eigenvalue weighted by Gasteiger charge is 2.33. The molecule has 0 spiro atoms. The molecular formula is C26H27N9O2S. The molecule has 1 saturated heterocycles. The summed E-state index contributed by atoms with van der Waals surface area (Å²) in [7, 11) is 0. The lowest BCUT2D eigenvalue weighted by Crippen LogP contribution is -2.42. The Morgan fingerprint density at radius 2 is 2.00 bits per heavy atom. The number of fused-ring (bicyclic) bond motifs is 2. The predicted octanol–water partition coefficient (Wildman–Crippen LogP) is 3.90. The number of pyridine rings is 2. The lowest BCUT2D eigenvalue weighted by atomic mass is 10.0. The first-order valence-electron chi connectivity index (χ1n) is 12.4. The monoisotopic (exact) mass is 529 g/mol. The van der Waals surface area contributed by atoms with Crippen LogP contribution in [0.25, 0.3) is 20.9 Å². The van der Waals surface area contributed by atoms with Crippen molar-refractivity contribution in [1.29, 1.82) is 0 Å². The van der Waals surface area contributed by atoms with Crippen LogP contribution in [0.5, 0.6) is 0 Å². The SMILES string of the molecule is Cc1ncc(NC(=O)CN2CCCC2(C)C)cc1NC(=O)c1cnn2cc(-n3ncc4cccnc43)sc12. The van der Waals surface area contributed by atoms with Gasteiger partial charge < -0.3 is 10.6 Å². The topological polar surface area (TPSA) is 122 Å². The highest BCUT2D eigenvalue weighted by atomic mass is 32.1. The van der Waals surface area contributed by atoms with Crippen LogP contribution < -0.4 is 10.6 Å². The molecule has 5 aromatic rings. The fourth-order valence-corrected chi connectivity index (χ4v) is 5.82. The van der Waals surface area contributed by atoms with Crippen molar-refractivity contribution >= 4 is 50.4 Å². The van der Waals surface area contributed by atoms with Crippen LogP contribution in [0.3, 0.4) is 0 Å². The van der Waals surface area contributed by atoms with E-state index < -0.39 is 0 Å². The highest BCUT2D eigenvalue weighted by molar-refractivity contribution is 7.20. The quantitative estimate of drug-likeness (QED) is 0.342. The van der Waals surface area contributed by atoms with E-state index in [1.165, 1.54) is 17.5 Å². The van der Waals surface area contributed by atoms with E-state index in [-0.39, 0.29) is 17.4 Å². The fraction of sp³-hybridized carbons (Fsp3) is 0.308. The summed E-state index contributed by atoms with van der Waals surface area (Å²) in [5.41, 5.74) is 2.87. The molecule has 0 unspecified atom stereocenters. The Bertz CT molecular complexity index is 1680. The fourth-order valence-electron chi connectivity index (χ4n) is 4.80. The summed E-state index contributed by atoms with van der Waals surface area (Å²) in [6.07, 6.45) is 10.6. The summed E-state index contributed by atoms with van der Waals surface area (Å²) < 4.78 is 3.40. The number of nitrogens with zero attached hydrogens (tertiary/aromatic N) is 7. The molecule has 0 radical (unpaired) electrons. The van der Waals surface area contributed by atoms with E-state index in [0.717, 1.165) is 35.4 Å². The summed E-state index contributed by atoms with van der Waals surface area (Å²) >= 11 is 1.40. The average molecular weight is 530 g/mol. The van der Waals surface area contributed by atoms with Crippen LogP contribution in [0, 0.1) is 6.92 Å². The molecule has 0 aromatic carbocycles. The smallest absolute Gasteiger partial charge is 0.260 e. The van der Waals surface area contributed by atoms with E-state index in [4.69, 9.17) is 0 Å². The van der Waals surface area contributed by atoms with Gasteiger partial charge in [0.1, 0.15) is 9.83 Å². The maximum Gasteiger partial charge on any atom is 0.260 e. The third kappa shape index (κ3) is 4.41. The molecule has 5 aromatic heterocycles. The minimum absolute atomic E-state index is 0.0155. The molecule has 1 fully saturated rings. The van der Waals surface area contributed by atoms with Crippen molar-refractivity contribution in [2.24, 2.45) is 0 Å². The molecule has 11 nitrogen and oxygen atoms in total. The third-order valence-corrected chi connectivity index (χ3v) is 8.08. The molecule has 0 aliphatic carbocycles. The van der Waals surface area contributed by atoms with E-state index in [1.807, 2.05) is 18.3 Å². The van der Waals surface area contributed by atoms with Gasteiger partial charge >= 0.3 is 0 Å². The van der Waals surface area contributed by atoms with Gasteiger partial charge in [-0.05, 0) is 58.4 Å². The van der Waals surface area contributed by atoms with Crippen LogP contribution in [-0.4, -0.2) is 64.7 Å². The van der Waals surface area contributed by atoms with Crippen molar-refractivity contribution in [3.05, 3.63) is 60.4 Å². The van der Waals surface area contributed by atoms with Gasteiger partial charge in [-0.2, -0.15) is 10.2 Å². The van der Waals surface area contributed by atoms with E-state index in [9.17, 15) is 9.59 Å². The number of nitrogens with one attached hydrogen (secondary N) is 2. The minimum Gasteiger partial charge on any atom is -0.324 e. The second-order valence-corrected chi connectivity index (χ2v) is 11.1. The molecule has 6 heterocycles. The van der Waals surface area contributed by atoms with Gasteiger partial charge in [-0.15, -0.1) is 0 Å². The van der Waals surface area contributed by atoms with Crippen molar-refractivity contribution in [3.63, 3.8) is 0 Å². The van der Waals surface area contributed by atoms with Gasteiger partial charge in [-0.25, -0.2) is 14.2 Å². The van der Waals surface area contributed by atoms with Crippen molar-refractivity contribution in [1.82, 2.24) is 34.3 Å². The Morgan fingerprint density at radius 1 is 1.13 bits per heavy atom. The number of likely N-dealkylation sites (tertiary alicyclic amines) is 1. The summed E-state index contributed by atoms with van der Waals surface area (Å²) in [5.74, 6) is -0.419. The van der Waals surface area contributed by atoms with Crippen molar-refractivity contribution in [2.75, 3.05) is 23.7 Å². The van der Waals surface area contributed by atoms with Crippen molar-refractivity contribution in [2.45, 2.75) is 39.2 Å². The summed E-state index contributed by atoms with van der Waals surface area (Å²) in [5, 5.41) is 16.4. The molecule has 6 rings (SSSR count). The highest BCUT2D eigenvalue weighted by Crippen LogP contribution is 2.29. The summed E-state index contributed by atoms with van der Waals surface area (Å²) in [6.45, 7) is 7.35. The first kappa shape index (κ1) is 24.2. The Kier molecular flexibility index (Phi) is 5.92. The molecule has 2 N–H and O–H groups in total. The Labute approximate surface area is 222 Å². The number of anilines is 2. The molecule has 2 amide bonds. The predicted molar refractivity (Wildman–Crippen MR) is 146 cm³/mol. The van der Waals surface area contributed by atoms with Crippen molar-refractivity contribution < 1.29 is 9.59 Å². The zero-order valence-corrected chi connectivity index (χ0v) is 22.1. The number of carbonyl (C=O) groups is 2. The average Bonchev–Trinajstić information content (AvgIpc) is 3.64. The van der Waals surface area contributed by atoms with Gasteiger partial charge in [0, 0.05) is 17.1 Å². The lowest BCUT2D eigenvalue weighted by Gasteiger charge is -2.30. The third-order valence-electron chi connectivity index (χ3n) is 6.99. The van der Waals surface area contributed by atoms with Crippen LogP contribution in [0.15, 0.2) is 49.2 Å². The standard InChI is InChI=1S/C26H27N9O2S/c1-16-20(10-18(12-28-16)31-21(36)14-33-9-5-7-26(33,2)3)32-24(37)19-13-29-34-15-22(38-25(19)34)35-23-17(11-30-35)6-4-8-27-23/h4,6,8,10-13,15H,5,7,9,14H2,1-3H3,(H,31,36)(H,32,37). The number of rotatable bonds is 6. The van der Waals surface area contributed by atoms with E-state index in [2.05, 4.69) is 49.5 Å². The maximum absolute atomic E-state index is 13.3. The van der Waals surface area contributed by atoms with Gasteiger partial charge in [0.25, 0.3) is 5.91 Å². The maximum atomic E-state index is 13.3. The van der Waals surface area contributed by atoms with Crippen LogP contribution >= 0.6 is 11.3 Å². The summed E-state index contributed by atoms with van der Waals surface area (Å²) in [6, 6.07) is 5.54. The normalized spacial score (nSPS) is 15.3. The molecule has 0 atom stereocenters. The molecule has 1 aliphatic heterocycles. The number of carbonyl (C=O) groups excluding carboxylic acids is 2. The Morgan fingerprint density at radius 3 is 2.82 bits per heavy atom. The molecule has 38 heavy (non-hydrogen) atoms. The van der Waals surface area contributed by atoms with Crippen molar-refractivity contribution in [3.8, 4) is 5.00 Å². The first-order valence-corrected chi connectivity index (χ1v) is 13.2. The molecular weight excluding hydrogens is 502 g/mol. The molecule has 1 aliphatic rings. The summed E-state index contributed by atoms with van der Waals surface area (Å²) in [4.78, 5) is 37.6. The lowest BCUT2D eigenvalue weighted by molar-refractivity contribution is -0.118. The van der Waals surface area contributed by atoms with Crippen LogP contribution in [0.1, 0.15) is 42.7 Å².